The van der Waals surface area contributed by atoms with Gasteiger partial charge in [-0.25, -0.2) is 4.98 Å². The molecule has 2 N–H and O–H groups in total. The maximum absolute atomic E-state index is 6.04. The monoisotopic (exact) mass is 237 g/mol. The number of hydrogen-bond acceptors (Lipinski definition) is 2. The second-order valence-electron chi connectivity index (χ2n) is 4.58. The van der Waals surface area contributed by atoms with Crippen molar-refractivity contribution in [2.45, 2.75) is 13.8 Å². The van der Waals surface area contributed by atoms with Crippen LogP contribution in [0.2, 0.25) is 0 Å². The highest BCUT2D eigenvalue weighted by Crippen LogP contribution is 2.25. The average Bonchev–Trinajstić information content (AvgIpc) is 2.68. The van der Waals surface area contributed by atoms with Crippen LogP contribution in [0.15, 0.2) is 42.5 Å². The van der Waals surface area contributed by atoms with Gasteiger partial charge in [-0.15, -0.1) is 0 Å². The van der Waals surface area contributed by atoms with Crippen molar-refractivity contribution >= 4 is 17.0 Å². The normalized spacial score (nSPS) is 11.0. The van der Waals surface area contributed by atoms with Crippen molar-refractivity contribution in [3.8, 4) is 5.69 Å². The van der Waals surface area contributed by atoms with Crippen molar-refractivity contribution in [2.24, 2.45) is 0 Å². The quantitative estimate of drug-likeness (QED) is 0.706. The van der Waals surface area contributed by atoms with Crippen LogP contribution in [0.25, 0.3) is 16.7 Å². The summed E-state index contributed by atoms with van der Waals surface area (Å²) in [7, 11) is 0. The summed E-state index contributed by atoms with van der Waals surface area (Å²) in [6.45, 7) is 4.15. The molecule has 3 rings (SSSR count). The van der Waals surface area contributed by atoms with Crippen LogP contribution in [-0.4, -0.2) is 9.55 Å². The van der Waals surface area contributed by atoms with Crippen LogP contribution in [-0.2, 0) is 0 Å². The number of rotatable bonds is 1. The number of aryl methyl sites for hydroxylation is 2. The zero-order valence-corrected chi connectivity index (χ0v) is 10.5. The SMILES string of the molecule is Cc1ccc(-n2c(N)nc3cccc(C)c32)cc1. The topological polar surface area (TPSA) is 43.8 Å². The molecule has 0 fully saturated rings. The second-order valence-corrected chi connectivity index (χ2v) is 4.58. The highest BCUT2D eigenvalue weighted by molar-refractivity contribution is 5.83. The average molecular weight is 237 g/mol. The predicted molar refractivity (Wildman–Crippen MR) is 75.0 cm³/mol. The number of anilines is 1. The number of para-hydroxylation sites is 1. The van der Waals surface area contributed by atoms with Crippen molar-refractivity contribution in [3.05, 3.63) is 53.6 Å². The molecule has 18 heavy (non-hydrogen) atoms. The minimum Gasteiger partial charge on any atom is -0.369 e. The summed E-state index contributed by atoms with van der Waals surface area (Å²) in [5.74, 6) is 0.531. The van der Waals surface area contributed by atoms with E-state index in [1.54, 1.807) is 0 Å². The summed E-state index contributed by atoms with van der Waals surface area (Å²) in [5.41, 5.74) is 11.5. The van der Waals surface area contributed by atoms with Crippen molar-refractivity contribution in [1.82, 2.24) is 9.55 Å². The molecule has 0 amide bonds. The molecule has 0 saturated heterocycles. The first-order valence-corrected chi connectivity index (χ1v) is 5.97. The van der Waals surface area contributed by atoms with Gasteiger partial charge < -0.3 is 5.73 Å². The van der Waals surface area contributed by atoms with E-state index in [2.05, 4.69) is 49.2 Å². The number of fused-ring (bicyclic) bond motifs is 1. The van der Waals surface area contributed by atoms with Crippen LogP contribution in [0.4, 0.5) is 5.95 Å². The van der Waals surface area contributed by atoms with E-state index < -0.39 is 0 Å². The Balaban J connectivity index is 2.34. The van der Waals surface area contributed by atoms with Crippen molar-refractivity contribution < 1.29 is 0 Å². The third kappa shape index (κ3) is 1.56. The van der Waals surface area contributed by atoms with Crippen LogP contribution in [0.5, 0.6) is 0 Å². The molecule has 90 valence electrons. The molecular weight excluding hydrogens is 222 g/mol. The van der Waals surface area contributed by atoms with E-state index in [4.69, 9.17) is 5.73 Å². The van der Waals surface area contributed by atoms with Gasteiger partial charge >= 0.3 is 0 Å². The molecule has 3 heteroatoms. The third-order valence-electron chi connectivity index (χ3n) is 3.20. The van der Waals surface area contributed by atoms with E-state index in [9.17, 15) is 0 Å². The first-order chi connectivity index (χ1) is 8.66. The second kappa shape index (κ2) is 3.88. The number of nitrogens with zero attached hydrogens (tertiary/aromatic N) is 2. The van der Waals surface area contributed by atoms with E-state index in [-0.39, 0.29) is 0 Å². The van der Waals surface area contributed by atoms with Gasteiger partial charge in [-0.3, -0.25) is 4.57 Å². The van der Waals surface area contributed by atoms with Gasteiger partial charge in [0.25, 0.3) is 0 Å². The summed E-state index contributed by atoms with van der Waals surface area (Å²) < 4.78 is 2.00. The van der Waals surface area contributed by atoms with Gasteiger partial charge in [0.15, 0.2) is 0 Å². The Labute approximate surface area is 106 Å². The molecule has 0 saturated carbocycles. The lowest BCUT2D eigenvalue weighted by atomic mass is 10.2. The van der Waals surface area contributed by atoms with Gasteiger partial charge in [0, 0.05) is 5.69 Å². The Hall–Kier alpha value is -2.29. The summed E-state index contributed by atoms with van der Waals surface area (Å²) >= 11 is 0. The number of benzene rings is 2. The Morgan fingerprint density at radius 3 is 2.44 bits per heavy atom. The Kier molecular flexibility index (Phi) is 2.33. The number of imidazole rings is 1. The number of nitrogens with two attached hydrogens (primary N) is 1. The van der Waals surface area contributed by atoms with Crippen LogP contribution < -0.4 is 5.73 Å². The molecule has 0 atom stereocenters. The lowest BCUT2D eigenvalue weighted by molar-refractivity contribution is 1.10. The van der Waals surface area contributed by atoms with Crippen molar-refractivity contribution in [2.75, 3.05) is 5.73 Å². The Morgan fingerprint density at radius 1 is 1.00 bits per heavy atom. The van der Waals surface area contributed by atoms with Gasteiger partial charge in [0.1, 0.15) is 0 Å². The molecule has 0 unspecified atom stereocenters. The predicted octanol–water partition coefficient (Wildman–Crippen LogP) is 3.22. The molecule has 3 aromatic rings. The zero-order chi connectivity index (χ0) is 12.7. The van der Waals surface area contributed by atoms with Gasteiger partial charge in [-0.05, 0) is 37.6 Å². The fourth-order valence-electron chi connectivity index (χ4n) is 2.27. The van der Waals surface area contributed by atoms with E-state index in [1.807, 2.05) is 16.7 Å². The van der Waals surface area contributed by atoms with E-state index in [0.29, 0.717) is 5.95 Å². The molecule has 0 aliphatic carbocycles. The maximum atomic E-state index is 6.04. The largest absolute Gasteiger partial charge is 0.369 e. The molecule has 0 aliphatic heterocycles. The van der Waals surface area contributed by atoms with Crippen molar-refractivity contribution in [3.63, 3.8) is 0 Å². The van der Waals surface area contributed by atoms with Gasteiger partial charge in [-0.2, -0.15) is 0 Å². The van der Waals surface area contributed by atoms with E-state index in [1.165, 1.54) is 11.1 Å². The number of nitrogen functional groups attached to an aromatic ring is 1. The van der Waals surface area contributed by atoms with Gasteiger partial charge in [-0.1, -0.05) is 29.8 Å². The number of hydrogen-bond donors (Lipinski definition) is 1. The standard InChI is InChI=1S/C15H15N3/c1-10-6-8-12(9-7-10)18-14-11(2)4-3-5-13(14)17-15(18)16/h3-9H,1-2H3,(H2,16,17). The highest BCUT2D eigenvalue weighted by atomic mass is 15.2. The first kappa shape index (κ1) is 10.8. The molecule has 0 radical (unpaired) electrons. The zero-order valence-electron chi connectivity index (χ0n) is 10.5. The molecule has 1 heterocycles. The summed E-state index contributed by atoms with van der Waals surface area (Å²) in [6, 6.07) is 14.4. The van der Waals surface area contributed by atoms with E-state index >= 15 is 0 Å². The molecule has 0 aliphatic rings. The molecule has 3 nitrogen and oxygen atoms in total. The number of aromatic nitrogens is 2. The molecule has 0 bridgehead atoms. The summed E-state index contributed by atoms with van der Waals surface area (Å²) in [5, 5.41) is 0. The van der Waals surface area contributed by atoms with Crippen LogP contribution in [0.1, 0.15) is 11.1 Å². The van der Waals surface area contributed by atoms with Crippen LogP contribution in [0.3, 0.4) is 0 Å². The summed E-state index contributed by atoms with van der Waals surface area (Å²) in [6.07, 6.45) is 0. The van der Waals surface area contributed by atoms with Crippen LogP contribution in [0, 0.1) is 13.8 Å². The lowest BCUT2D eigenvalue weighted by Crippen LogP contribution is -2.01. The smallest absolute Gasteiger partial charge is 0.205 e. The van der Waals surface area contributed by atoms with E-state index in [0.717, 1.165) is 16.7 Å². The molecule has 2 aromatic carbocycles. The Morgan fingerprint density at radius 2 is 1.72 bits per heavy atom. The maximum Gasteiger partial charge on any atom is 0.205 e. The Bertz CT molecular complexity index is 708. The fourth-order valence-corrected chi connectivity index (χ4v) is 2.27. The lowest BCUT2D eigenvalue weighted by Gasteiger charge is -2.08. The molecule has 1 aromatic heterocycles. The third-order valence-corrected chi connectivity index (χ3v) is 3.20. The first-order valence-electron chi connectivity index (χ1n) is 5.97. The molecular formula is C15H15N3. The summed E-state index contributed by atoms with van der Waals surface area (Å²) in [4.78, 5) is 4.41. The minimum atomic E-state index is 0.531. The fraction of sp³-hybridized carbons (Fsp3) is 0.133. The molecule has 0 spiro atoms. The van der Waals surface area contributed by atoms with Gasteiger partial charge in [0.05, 0.1) is 11.0 Å². The highest BCUT2D eigenvalue weighted by Gasteiger charge is 2.11. The van der Waals surface area contributed by atoms with Crippen molar-refractivity contribution in [1.29, 1.82) is 0 Å². The van der Waals surface area contributed by atoms with Crippen LogP contribution >= 0.6 is 0 Å². The minimum absolute atomic E-state index is 0.531. The van der Waals surface area contributed by atoms with Gasteiger partial charge in [0.2, 0.25) is 5.95 Å².